The van der Waals surface area contributed by atoms with Crippen molar-refractivity contribution in [1.82, 2.24) is 4.98 Å². The van der Waals surface area contributed by atoms with Crippen LogP contribution in [0.15, 0.2) is 81.3 Å². The van der Waals surface area contributed by atoms with Crippen molar-refractivity contribution in [2.75, 3.05) is 12.4 Å². The van der Waals surface area contributed by atoms with Crippen LogP contribution >= 0.6 is 15.9 Å². The summed E-state index contributed by atoms with van der Waals surface area (Å²) in [6, 6.07) is 15.9. The summed E-state index contributed by atoms with van der Waals surface area (Å²) < 4.78 is 31.2. The molecule has 0 radical (unpaired) electrons. The molecule has 0 unspecified atom stereocenters. The molecular formula is C19H15BrN2O4S. The first-order valence-electron chi connectivity index (χ1n) is 7.82. The van der Waals surface area contributed by atoms with E-state index in [0.29, 0.717) is 11.4 Å². The van der Waals surface area contributed by atoms with Gasteiger partial charge in [-0.3, -0.25) is 4.79 Å². The first-order valence-corrected chi connectivity index (χ1v) is 10.1. The number of nitrogens with zero attached hydrogens (tertiary/aromatic N) is 1. The highest BCUT2D eigenvalue weighted by atomic mass is 79.9. The van der Waals surface area contributed by atoms with Crippen LogP contribution in [0.25, 0.3) is 0 Å². The van der Waals surface area contributed by atoms with Crippen LogP contribution in [-0.2, 0) is 9.84 Å². The van der Waals surface area contributed by atoms with Gasteiger partial charge in [0.1, 0.15) is 5.75 Å². The Labute approximate surface area is 165 Å². The van der Waals surface area contributed by atoms with Crippen molar-refractivity contribution in [2.24, 2.45) is 0 Å². The van der Waals surface area contributed by atoms with Gasteiger partial charge < -0.3 is 10.1 Å². The normalized spacial score (nSPS) is 11.0. The second-order valence-electron chi connectivity index (χ2n) is 5.53. The maximum Gasteiger partial charge on any atom is 0.257 e. The van der Waals surface area contributed by atoms with E-state index in [0.717, 1.165) is 4.47 Å². The fourth-order valence-electron chi connectivity index (χ4n) is 2.29. The molecule has 138 valence electrons. The Morgan fingerprint density at radius 3 is 2.22 bits per heavy atom. The van der Waals surface area contributed by atoms with E-state index >= 15 is 0 Å². The van der Waals surface area contributed by atoms with Gasteiger partial charge in [0, 0.05) is 16.4 Å². The van der Waals surface area contributed by atoms with E-state index in [1.165, 1.54) is 37.6 Å². The second kappa shape index (κ2) is 7.89. The molecule has 27 heavy (non-hydrogen) atoms. The highest BCUT2D eigenvalue weighted by molar-refractivity contribution is 9.10. The van der Waals surface area contributed by atoms with Gasteiger partial charge in [0.2, 0.25) is 9.84 Å². The molecule has 0 saturated carbocycles. The lowest BCUT2D eigenvalue weighted by atomic mass is 10.2. The third kappa shape index (κ3) is 4.35. The summed E-state index contributed by atoms with van der Waals surface area (Å²) in [6.45, 7) is 0. The summed E-state index contributed by atoms with van der Waals surface area (Å²) in [5, 5.41) is 2.59. The Morgan fingerprint density at radius 1 is 1.00 bits per heavy atom. The van der Waals surface area contributed by atoms with Crippen LogP contribution in [0.2, 0.25) is 0 Å². The Kier molecular flexibility index (Phi) is 5.57. The van der Waals surface area contributed by atoms with E-state index < -0.39 is 9.84 Å². The molecule has 1 amide bonds. The highest BCUT2D eigenvalue weighted by Crippen LogP contribution is 2.22. The largest absolute Gasteiger partial charge is 0.497 e. The summed E-state index contributed by atoms with van der Waals surface area (Å²) in [4.78, 5) is 16.3. The fourth-order valence-corrected chi connectivity index (χ4v) is 3.72. The maximum absolute atomic E-state index is 12.6. The molecule has 3 aromatic rings. The Hall–Kier alpha value is -2.71. The monoisotopic (exact) mass is 446 g/mol. The van der Waals surface area contributed by atoms with Gasteiger partial charge in [-0.15, -0.1) is 0 Å². The lowest BCUT2D eigenvalue weighted by Crippen LogP contribution is -2.13. The molecule has 3 rings (SSSR count). The molecule has 0 aliphatic rings. The van der Waals surface area contributed by atoms with Crippen molar-refractivity contribution in [3.05, 3.63) is 76.9 Å². The molecule has 0 spiro atoms. The number of nitrogens with one attached hydrogen (secondary N) is 1. The number of ether oxygens (including phenoxy) is 1. The van der Waals surface area contributed by atoms with Crippen LogP contribution < -0.4 is 10.1 Å². The average molecular weight is 447 g/mol. The number of anilines is 1. The van der Waals surface area contributed by atoms with Gasteiger partial charge in [-0.25, -0.2) is 13.4 Å². The molecule has 1 aromatic heterocycles. The van der Waals surface area contributed by atoms with Gasteiger partial charge >= 0.3 is 0 Å². The molecule has 0 fully saturated rings. The molecule has 6 nitrogen and oxygen atoms in total. The average Bonchev–Trinajstić information content (AvgIpc) is 2.70. The molecule has 2 aromatic carbocycles. The zero-order chi connectivity index (χ0) is 19.4. The van der Waals surface area contributed by atoms with E-state index in [2.05, 4.69) is 26.2 Å². The number of carbonyl (C=O) groups excluding carboxylic acids is 1. The Morgan fingerprint density at radius 2 is 1.67 bits per heavy atom. The van der Waals surface area contributed by atoms with Gasteiger partial charge in [-0.1, -0.05) is 15.9 Å². The summed E-state index contributed by atoms with van der Waals surface area (Å²) >= 11 is 3.32. The molecule has 0 aliphatic heterocycles. The second-order valence-corrected chi connectivity index (χ2v) is 8.34. The zero-order valence-corrected chi connectivity index (χ0v) is 16.6. The molecular weight excluding hydrogens is 432 g/mol. The minimum Gasteiger partial charge on any atom is -0.497 e. The molecule has 1 N–H and O–H groups in total. The van der Waals surface area contributed by atoms with E-state index in [1.807, 2.05) is 0 Å². The van der Waals surface area contributed by atoms with E-state index in [1.54, 1.807) is 36.4 Å². The van der Waals surface area contributed by atoms with Crippen molar-refractivity contribution in [3.8, 4) is 5.75 Å². The fraction of sp³-hybridized carbons (Fsp3) is 0.0526. The standard InChI is InChI=1S/C19H15BrN2O4S/c1-26-16-7-9-17(10-8-16)27(24,25)18-11-2-13(12-21-18)19(23)22-15-5-3-14(20)4-6-15/h2-12H,1H3,(H,22,23). The summed E-state index contributed by atoms with van der Waals surface area (Å²) in [6.07, 6.45) is 1.24. The van der Waals surface area contributed by atoms with Crippen LogP contribution in [0.5, 0.6) is 5.75 Å². The van der Waals surface area contributed by atoms with Crippen LogP contribution in [0.3, 0.4) is 0 Å². The van der Waals surface area contributed by atoms with Crippen LogP contribution in [-0.4, -0.2) is 26.4 Å². The van der Waals surface area contributed by atoms with E-state index in [4.69, 9.17) is 4.74 Å². The number of aromatic nitrogens is 1. The number of rotatable bonds is 5. The Bertz CT molecular complexity index is 1050. The van der Waals surface area contributed by atoms with Gasteiger partial charge in [-0.05, 0) is 60.7 Å². The SMILES string of the molecule is COc1ccc(S(=O)(=O)c2ccc(C(=O)Nc3ccc(Br)cc3)cn2)cc1. The molecule has 0 aliphatic carbocycles. The topological polar surface area (TPSA) is 85.4 Å². The van der Waals surface area contributed by atoms with Crippen molar-refractivity contribution in [2.45, 2.75) is 9.92 Å². The van der Waals surface area contributed by atoms with Crippen molar-refractivity contribution >= 4 is 37.4 Å². The minimum atomic E-state index is -3.77. The number of carbonyl (C=O) groups is 1. The van der Waals surface area contributed by atoms with Gasteiger partial charge in [0.25, 0.3) is 5.91 Å². The smallest absolute Gasteiger partial charge is 0.257 e. The third-order valence-electron chi connectivity index (χ3n) is 3.75. The number of amides is 1. The predicted octanol–water partition coefficient (Wildman–Crippen LogP) is 3.94. The predicted molar refractivity (Wildman–Crippen MR) is 105 cm³/mol. The van der Waals surface area contributed by atoms with Crippen molar-refractivity contribution in [3.63, 3.8) is 0 Å². The third-order valence-corrected chi connectivity index (χ3v) is 5.96. The van der Waals surface area contributed by atoms with Crippen LogP contribution in [0.1, 0.15) is 10.4 Å². The highest BCUT2D eigenvalue weighted by Gasteiger charge is 2.20. The lowest BCUT2D eigenvalue weighted by molar-refractivity contribution is 0.102. The summed E-state index contributed by atoms with van der Waals surface area (Å²) in [5.41, 5.74) is 0.879. The van der Waals surface area contributed by atoms with Gasteiger partial charge in [-0.2, -0.15) is 0 Å². The number of hydrogen-bond donors (Lipinski definition) is 1. The Balaban J connectivity index is 1.79. The molecule has 8 heteroatoms. The van der Waals surface area contributed by atoms with Gasteiger partial charge in [0.15, 0.2) is 5.03 Å². The quantitative estimate of drug-likeness (QED) is 0.641. The van der Waals surface area contributed by atoms with E-state index in [9.17, 15) is 13.2 Å². The number of methoxy groups -OCH3 is 1. The maximum atomic E-state index is 12.6. The molecule has 1 heterocycles. The van der Waals surface area contributed by atoms with Crippen LogP contribution in [0.4, 0.5) is 5.69 Å². The number of benzene rings is 2. The van der Waals surface area contributed by atoms with Crippen molar-refractivity contribution < 1.29 is 17.9 Å². The van der Waals surface area contributed by atoms with E-state index in [-0.39, 0.29) is 21.4 Å². The molecule has 0 saturated heterocycles. The summed E-state index contributed by atoms with van der Waals surface area (Å²) in [5.74, 6) is 0.181. The first-order chi connectivity index (χ1) is 12.9. The van der Waals surface area contributed by atoms with Gasteiger partial charge in [0.05, 0.1) is 17.6 Å². The summed E-state index contributed by atoms with van der Waals surface area (Å²) in [7, 11) is -2.27. The number of halogens is 1. The number of sulfone groups is 1. The zero-order valence-electron chi connectivity index (χ0n) is 14.2. The number of hydrogen-bond acceptors (Lipinski definition) is 5. The molecule has 0 bridgehead atoms. The number of pyridine rings is 1. The van der Waals surface area contributed by atoms with Crippen molar-refractivity contribution in [1.29, 1.82) is 0 Å². The first kappa shape index (κ1) is 19.1. The van der Waals surface area contributed by atoms with Crippen LogP contribution in [0, 0.1) is 0 Å². The lowest BCUT2D eigenvalue weighted by Gasteiger charge is -2.07. The minimum absolute atomic E-state index is 0.0999. The molecule has 0 atom stereocenters.